The average Bonchev–Trinajstić information content (AvgIpc) is 3.16. The molecule has 0 fully saturated rings. The summed E-state index contributed by atoms with van der Waals surface area (Å²) in [5.74, 6) is 0.105. The summed E-state index contributed by atoms with van der Waals surface area (Å²) in [6.45, 7) is 5.37. The predicted molar refractivity (Wildman–Crippen MR) is 128 cm³/mol. The summed E-state index contributed by atoms with van der Waals surface area (Å²) in [5, 5.41) is 15.7. The van der Waals surface area contributed by atoms with Crippen molar-refractivity contribution in [3.8, 4) is 6.07 Å². The number of aromatic nitrogens is 2. The van der Waals surface area contributed by atoms with E-state index in [2.05, 4.69) is 20.4 Å². The fourth-order valence-electron chi connectivity index (χ4n) is 4.22. The van der Waals surface area contributed by atoms with Gasteiger partial charge in [0.1, 0.15) is 17.5 Å². The van der Waals surface area contributed by atoms with Gasteiger partial charge in [-0.3, -0.25) is 9.79 Å². The number of hydrogen-bond acceptors (Lipinski definition) is 8. The van der Waals surface area contributed by atoms with Crippen LogP contribution in [0.2, 0.25) is 0 Å². The summed E-state index contributed by atoms with van der Waals surface area (Å²) >= 11 is 1.34. The van der Waals surface area contributed by atoms with Crippen LogP contribution in [0.15, 0.2) is 46.0 Å². The molecule has 0 spiro atoms. The van der Waals surface area contributed by atoms with Crippen molar-refractivity contribution in [2.45, 2.75) is 44.4 Å². The highest BCUT2D eigenvalue weighted by Gasteiger charge is 2.40. The molecule has 1 aliphatic heterocycles. The van der Waals surface area contributed by atoms with E-state index in [1.54, 1.807) is 13.8 Å². The van der Waals surface area contributed by atoms with Crippen LogP contribution in [0.4, 0.5) is 14.5 Å². The molecule has 2 aromatic heterocycles. The minimum Gasteiger partial charge on any atom is -0.378 e. The van der Waals surface area contributed by atoms with Crippen LogP contribution in [-0.2, 0) is 5.54 Å². The summed E-state index contributed by atoms with van der Waals surface area (Å²) in [6.07, 6.45) is -1.10. The molecule has 180 valence electrons. The van der Waals surface area contributed by atoms with E-state index in [4.69, 9.17) is 15.5 Å². The molecule has 0 saturated carbocycles. The molecular weight excluding hydrogens is 474 g/mol. The zero-order chi connectivity index (χ0) is 25.3. The van der Waals surface area contributed by atoms with Gasteiger partial charge in [-0.1, -0.05) is 23.0 Å². The van der Waals surface area contributed by atoms with Crippen LogP contribution in [0.1, 0.15) is 69.2 Å². The number of aryl methyl sites for hydroxylation is 2. The van der Waals surface area contributed by atoms with E-state index in [1.165, 1.54) is 48.3 Å². The number of halogens is 2. The Balaban J connectivity index is 1.70. The summed E-state index contributed by atoms with van der Waals surface area (Å²) in [4.78, 5) is 21.2. The van der Waals surface area contributed by atoms with Crippen LogP contribution in [-0.4, -0.2) is 21.2 Å². The number of rotatable bonds is 5. The van der Waals surface area contributed by atoms with Gasteiger partial charge in [-0.15, -0.1) is 0 Å². The summed E-state index contributed by atoms with van der Waals surface area (Å²) in [6, 6.07) is 9.02. The third-order valence-corrected chi connectivity index (χ3v) is 6.88. The maximum absolute atomic E-state index is 14.0. The molecule has 0 radical (unpaired) electrons. The Morgan fingerprint density at radius 1 is 1.34 bits per heavy atom. The standard InChI is InChI=1S/C24H22F2N6O2S/c1-12-20(13(2)34-32-12)19-9-24(3,31-23(28)35-19)17-8-15(5-6-16(17)21(25)26)30-22(33)18-7-4-14(10-27)11-29-18/h4-8,11,19,21H,9H2,1-3H3,(H2,28,31)(H,30,33)/t19-,24-/m0/s1. The van der Waals surface area contributed by atoms with Crippen molar-refractivity contribution in [3.05, 3.63) is 75.9 Å². The number of aliphatic imine (C=N–C) groups is 1. The fourth-order valence-corrected chi connectivity index (χ4v) is 5.63. The van der Waals surface area contributed by atoms with Crippen LogP contribution in [0.5, 0.6) is 0 Å². The lowest BCUT2D eigenvalue weighted by Gasteiger charge is -2.36. The molecule has 0 saturated heterocycles. The van der Waals surface area contributed by atoms with Crippen molar-refractivity contribution in [3.63, 3.8) is 0 Å². The highest BCUT2D eigenvalue weighted by atomic mass is 32.2. The molecule has 4 rings (SSSR count). The zero-order valence-electron chi connectivity index (χ0n) is 19.2. The summed E-state index contributed by atoms with van der Waals surface area (Å²) in [5.41, 5.74) is 7.44. The average molecular weight is 497 g/mol. The largest absolute Gasteiger partial charge is 0.378 e. The number of carbonyl (C=O) groups is 1. The first-order chi connectivity index (χ1) is 16.6. The highest BCUT2D eigenvalue weighted by Crippen LogP contribution is 2.49. The van der Waals surface area contributed by atoms with Crippen LogP contribution in [0.25, 0.3) is 0 Å². The number of thioether (sulfide) groups is 1. The van der Waals surface area contributed by atoms with Gasteiger partial charge in [0.05, 0.1) is 16.8 Å². The van der Waals surface area contributed by atoms with Gasteiger partial charge in [0.25, 0.3) is 12.3 Å². The summed E-state index contributed by atoms with van der Waals surface area (Å²) < 4.78 is 33.4. The first kappa shape index (κ1) is 24.3. The Hall–Kier alpha value is -3.78. The third-order valence-electron chi connectivity index (χ3n) is 5.87. The molecule has 0 unspecified atom stereocenters. The molecule has 35 heavy (non-hydrogen) atoms. The Morgan fingerprint density at radius 2 is 2.11 bits per heavy atom. The second-order valence-electron chi connectivity index (χ2n) is 8.37. The van der Waals surface area contributed by atoms with Crippen molar-refractivity contribution >= 4 is 28.5 Å². The van der Waals surface area contributed by atoms with Gasteiger partial charge in [-0.2, -0.15) is 5.26 Å². The topological polar surface area (TPSA) is 130 Å². The van der Waals surface area contributed by atoms with Gasteiger partial charge >= 0.3 is 0 Å². The van der Waals surface area contributed by atoms with E-state index >= 15 is 0 Å². The fraction of sp³-hybridized carbons (Fsp3) is 0.292. The van der Waals surface area contributed by atoms with Gasteiger partial charge in [-0.25, -0.2) is 13.8 Å². The van der Waals surface area contributed by atoms with Crippen molar-refractivity contribution in [2.75, 3.05) is 5.32 Å². The second-order valence-corrected chi connectivity index (χ2v) is 9.60. The number of nitrogens with zero attached hydrogens (tertiary/aromatic N) is 4. The maximum Gasteiger partial charge on any atom is 0.274 e. The quantitative estimate of drug-likeness (QED) is 0.499. The number of benzene rings is 1. The monoisotopic (exact) mass is 496 g/mol. The van der Waals surface area contributed by atoms with Crippen LogP contribution in [0, 0.1) is 25.2 Å². The number of pyridine rings is 1. The zero-order valence-corrected chi connectivity index (χ0v) is 20.0. The lowest BCUT2D eigenvalue weighted by Crippen LogP contribution is -2.32. The van der Waals surface area contributed by atoms with Crippen LogP contribution >= 0.6 is 11.8 Å². The van der Waals surface area contributed by atoms with Gasteiger partial charge in [0.15, 0.2) is 5.17 Å². The van der Waals surface area contributed by atoms with E-state index in [0.717, 1.165) is 5.56 Å². The molecule has 8 nitrogen and oxygen atoms in total. The molecule has 11 heteroatoms. The number of nitrogens with two attached hydrogens (primary N) is 1. The van der Waals surface area contributed by atoms with Gasteiger partial charge in [-0.05, 0) is 57.0 Å². The predicted octanol–water partition coefficient (Wildman–Crippen LogP) is 5.16. The minimum absolute atomic E-state index is 0.0875. The maximum atomic E-state index is 14.0. The Labute approximate surface area is 204 Å². The normalized spacial score (nSPS) is 19.8. The SMILES string of the molecule is Cc1noc(C)c1[C@@H]1C[C@@](C)(c2cc(NC(=O)c3ccc(C#N)cn3)ccc2C(F)F)N=C(N)S1. The Morgan fingerprint density at radius 3 is 2.71 bits per heavy atom. The highest BCUT2D eigenvalue weighted by molar-refractivity contribution is 8.14. The molecule has 0 bridgehead atoms. The van der Waals surface area contributed by atoms with Gasteiger partial charge in [0.2, 0.25) is 0 Å². The lowest BCUT2D eigenvalue weighted by molar-refractivity contribution is 0.102. The summed E-state index contributed by atoms with van der Waals surface area (Å²) in [7, 11) is 0. The number of anilines is 1. The van der Waals surface area contributed by atoms with E-state index in [-0.39, 0.29) is 27.2 Å². The van der Waals surface area contributed by atoms with E-state index in [1.807, 2.05) is 13.0 Å². The number of hydrogen-bond donors (Lipinski definition) is 2. The van der Waals surface area contributed by atoms with Crippen molar-refractivity contribution in [1.29, 1.82) is 5.26 Å². The Bertz CT molecular complexity index is 1330. The number of amidine groups is 1. The number of amides is 1. The number of carbonyl (C=O) groups excluding carboxylic acids is 1. The molecule has 3 aromatic rings. The van der Waals surface area contributed by atoms with Crippen molar-refractivity contribution < 1.29 is 18.1 Å². The van der Waals surface area contributed by atoms with Crippen LogP contribution in [0.3, 0.4) is 0 Å². The Kier molecular flexibility index (Phi) is 6.58. The van der Waals surface area contributed by atoms with Gasteiger partial charge in [0, 0.05) is 28.3 Å². The van der Waals surface area contributed by atoms with Gasteiger partial charge < -0.3 is 15.6 Å². The number of alkyl halides is 2. The van der Waals surface area contributed by atoms with Crippen molar-refractivity contribution in [1.82, 2.24) is 10.1 Å². The van der Waals surface area contributed by atoms with E-state index in [0.29, 0.717) is 29.1 Å². The second kappa shape index (κ2) is 9.46. The van der Waals surface area contributed by atoms with E-state index < -0.39 is 17.9 Å². The molecule has 1 aliphatic rings. The minimum atomic E-state index is -2.75. The van der Waals surface area contributed by atoms with Crippen molar-refractivity contribution in [2.24, 2.45) is 10.7 Å². The molecule has 3 heterocycles. The van der Waals surface area contributed by atoms with Crippen LogP contribution < -0.4 is 11.1 Å². The number of nitrogens with one attached hydrogen (secondary N) is 1. The molecule has 2 atom stereocenters. The van der Waals surface area contributed by atoms with E-state index in [9.17, 15) is 13.6 Å². The molecular formula is C24H22F2N6O2S. The molecule has 1 amide bonds. The first-order valence-corrected chi connectivity index (χ1v) is 11.5. The number of nitriles is 1. The smallest absolute Gasteiger partial charge is 0.274 e. The molecule has 3 N–H and O–H groups in total. The first-order valence-electron chi connectivity index (χ1n) is 10.7. The lowest BCUT2D eigenvalue weighted by atomic mass is 9.82. The molecule has 0 aliphatic carbocycles. The molecule has 1 aromatic carbocycles. The third kappa shape index (κ3) is 4.88.